The van der Waals surface area contributed by atoms with Gasteiger partial charge in [-0.25, -0.2) is 5.43 Å². The first kappa shape index (κ1) is 15.4. The number of allylic oxidation sites excluding steroid dienone is 2. The van der Waals surface area contributed by atoms with Crippen molar-refractivity contribution in [3.63, 3.8) is 0 Å². The van der Waals surface area contributed by atoms with Gasteiger partial charge in [0.2, 0.25) is 6.41 Å². The van der Waals surface area contributed by atoms with E-state index < -0.39 is 0 Å². The van der Waals surface area contributed by atoms with E-state index in [1.807, 2.05) is 0 Å². The van der Waals surface area contributed by atoms with E-state index in [-0.39, 0.29) is 17.8 Å². The number of rotatable bonds is 7. The van der Waals surface area contributed by atoms with Crippen LogP contribution in [0.3, 0.4) is 0 Å². The van der Waals surface area contributed by atoms with Gasteiger partial charge in [-0.1, -0.05) is 19.1 Å². The topological polar surface area (TPSA) is 67.8 Å². The fraction of sp³-hybridized carbons (Fsp3) is 0.643. The number of ether oxygens (including phenoxy) is 1. The van der Waals surface area contributed by atoms with E-state index in [0.29, 0.717) is 12.8 Å². The van der Waals surface area contributed by atoms with Crippen molar-refractivity contribution < 1.29 is 14.3 Å². The number of carbonyl (C=O) groups is 2. The Bertz CT molecular complexity index is 364. The molecule has 1 fully saturated rings. The molecule has 5 nitrogen and oxygen atoms in total. The molecular formula is C14H22N2O3. The van der Waals surface area contributed by atoms with E-state index in [1.165, 1.54) is 7.11 Å². The van der Waals surface area contributed by atoms with E-state index in [9.17, 15) is 9.59 Å². The molecule has 0 radical (unpaired) electrons. The number of hydrogen-bond donors (Lipinski definition) is 1. The molecule has 1 saturated carbocycles. The van der Waals surface area contributed by atoms with Gasteiger partial charge in [-0.05, 0) is 31.6 Å². The minimum absolute atomic E-state index is 0.181. The molecular weight excluding hydrogens is 244 g/mol. The third-order valence-corrected chi connectivity index (χ3v) is 3.48. The lowest BCUT2D eigenvalue weighted by molar-refractivity contribution is -0.141. The number of nitrogens with one attached hydrogen (secondary N) is 1. The molecule has 0 aromatic rings. The standard InChI is InChI=1S/C14H22N2O3/c1-3-4-5-6-12-11(9-14(18)19-2)7-8-13(12)16-15-10-17/h4-5,10-12H,3,6-9H2,1-2H3,(H,15,17)/b5-4+,16-13-. The zero-order chi connectivity index (χ0) is 14.1. The second-order valence-electron chi connectivity index (χ2n) is 4.65. The maximum absolute atomic E-state index is 11.4. The van der Waals surface area contributed by atoms with Gasteiger partial charge in [0, 0.05) is 18.1 Å². The van der Waals surface area contributed by atoms with Gasteiger partial charge >= 0.3 is 5.97 Å². The molecule has 0 aromatic carbocycles. The Kier molecular flexibility index (Phi) is 6.85. The highest BCUT2D eigenvalue weighted by molar-refractivity contribution is 5.90. The van der Waals surface area contributed by atoms with Gasteiger partial charge in [0.25, 0.3) is 0 Å². The van der Waals surface area contributed by atoms with Crippen LogP contribution in [0.4, 0.5) is 0 Å². The normalized spacial score (nSPS) is 24.8. The van der Waals surface area contributed by atoms with Crippen molar-refractivity contribution in [3.05, 3.63) is 12.2 Å². The third kappa shape index (κ3) is 4.85. The molecule has 1 aliphatic carbocycles. The summed E-state index contributed by atoms with van der Waals surface area (Å²) < 4.78 is 4.73. The first-order valence-corrected chi connectivity index (χ1v) is 6.70. The summed E-state index contributed by atoms with van der Waals surface area (Å²) in [4.78, 5) is 21.7. The molecule has 19 heavy (non-hydrogen) atoms. The summed E-state index contributed by atoms with van der Waals surface area (Å²) in [6.45, 7) is 2.08. The van der Waals surface area contributed by atoms with Crippen LogP contribution in [0.1, 0.15) is 39.0 Å². The predicted octanol–water partition coefficient (Wildman–Crippen LogP) is 2.03. The average molecular weight is 266 g/mol. The van der Waals surface area contributed by atoms with Crippen molar-refractivity contribution in [3.8, 4) is 0 Å². The molecule has 1 N–H and O–H groups in total. The summed E-state index contributed by atoms with van der Waals surface area (Å²) in [5.41, 5.74) is 3.34. The number of hydrazone groups is 1. The molecule has 0 heterocycles. The summed E-state index contributed by atoms with van der Waals surface area (Å²) in [6, 6.07) is 0. The van der Waals surface area contributed by atoms with E-state index in [1.54, 1.807) is 0 Å². The van der Waals surface area contributed by atoms with Gasteiger partial charge in [0.05, 0.1) is 7.11 Å². The van der Waals surface area contributed by atoms with Gasteiger partial charge in [-0.2, -0.15) is 5.10 Å². The Balaban J connectivity index is 2.71. The smallest absolute Gasteiger partial charge is 0.305 e. The van der Waals surface area contributed by atoms with Crippen LogP contribution < -0.4 is 5.43 Å². The number of amides is 1. The van der Waals surface area contributed by atoms with Crippen molar-refractivity contribution in [1.82, 2.24) is 5.43 Å². The lowest BCUT2D eigenvalue weighted by Crippen LogP contribution is -2.20. The van der Waals surface area contributed by atoms with E-state index in [4.69, 9.17) is 4.74 Å². The molecule has 2 unspecified atom stereocenters. The fourth-order valence-electron chi connectivity index (χ4n) is 2.52. The summed E-state index contributed by atoms with van der Waals surface area (Å²) in [5.74, 6) is 0.287. The molecule has 0 bridgehead atoms. The highest BCUT2D eigenvalue weighted by Gasteiger charge is 2.33. The van der Waals surface area contributed by atoms with Gasteiger partial charge in [0.15, 0.2) is 0 Å². The van der Waals surface area contributed by atoms with Gasteiger partial charge in [-0.15, -0.1) is 0 Å². The first-order chi connectivity index (χ1) is 9.22. The van der Waals surface area contributed by atoms with E-state index in [0.717, 1.165) is 31.4 Å². The Hall–Kier alpha value is -1.65. The van der Waals surface area contributed by atoms with Crippen molar-refractivity contribution in [2.45, 2.75) is 39.0 Å². The van der Waals surface area contributed by atoms with Crippen LogP contribution in [0.2, 0.25) is 0 Å². The van der Waals surface area contributed by atoms with Crippen LogP contribution in [-0.2, 0) is 14.3 Å². The van der Waals surface area contributed by atoms with E-state index in [2.05, 4.69) is 29.6 Å². The summed E-state index contributed by atoms with van der Waals surface area (Å²) in [5, 5.41) is 4.10. The second-order valence-corrected chi connectivity index (χ2v) is 4.65. The van der Waals surface area contributed by atoms with Crippen molar-refractivity contribution in [1.29, 1.82) is 0 Å². The minimum Gasteiger partial charge on any atom is -0.469 e. The molecule has 0 aliphatic heterocycles. The lowest BCUT2D eigenvalue weighted by Gasteiger charge is -2.17. The van der Waals surface area contributed by atoms with Crippen molar-refractivity contribution in [2.24, 2.45) is 16.9 Å². The molecule has 1 rings (SSSR count). The first-order valence-electron chi connectivity index (χ1n) is 6.70. The van der Waals surface area contributed by atoms with Crippen LogP contribution in [-0.4, -0.2) is 25.2 Å². The molecule has 5 heteroatoms. The Morgan fingerprint density at radius 2 is 2.32 bits per heavy atom. The lowest BCUT2D eigenvalue weighted by atomic mass is 9.89. The molecule has 1 aliphatic rings. The Morgan fingerprint density at radius 3 is 2.95 bits per heavy atom. The number of hydrogen-bond acceptors (Lipinski definition) is 4. The Labute approximate surface area is 114 Å². The SMILES string of the molecule is CC/C=C/CC1/C(=N\NC=O)CCC1CC(=O)OC. The van der Waals surface area contributed by atoms with Gasteiger partial charge < -0.3 is 4.74 Å². The number of carbonyl (C=O) groups excluding carboxylic acids is 2. The highest BCUT2D eigenvalue weighted by atomic mass is 16.5. The summed E-state index contributed by atoms with van der Waals surface area (Å²) in [7, 11) is 1.41. The number of esters is 1. The van der Waals surface area contributed by atoms with Gasteiger partial charge in [0.1, 0.15) is 0 Å². The van der Waals surface area contributed by atoms with Crippen LogP contribution in [0.15, 0.2) is 17.3 Å². The van der Waals surface area contributed by atoms with Crippen LogP contribution >= 0.6 is 0 Å². The maximum Gasteiger partial charge on any atom is 0.305 e. The molecule has 0 saturated heterocycles. The van der Waals surface area contributed by atoms with Crippen LogP contribution in [0, 0.1) is 11.8 Å². The minimum atomic E-state index is -0.181. The molecule has 2 atom stereocenters. The fourth-order valence-corrected chi connectivity index (χ4v) is 2.52. The zero-order valence-corrected chi connectivity index (χ0v) is 11.6. The molecule has 0 aromatic heterocycles. The summed E-state index contributed by atoms with van der Waals surface area (Å²) >= 11 is 0. The average Bonchev–Trinajstić information content (AvgIpc) is 2.79. The zero-order valence-electron chi connectivity index (χ0n) is 11.6. The monoisotopic (exact) mass is 266 g/mol. The van der Waals surface area contributed by atoms with Crippen molar-refractivity contribution >= 4 is 18.1 Å². The largest absolute Gasteiger partial charge is 0.469 e. The second kappa shape index (κ2) is 8.45. The van der Waals surface area contributed by atoms with E-state index >= 15 is 0 Å². The Morgan fingerprint density at radius 1 is 1.53 bits per heavy atom. The van der Waals surface area contributed by atoms with Crippen molar-refractivity contribution in [2.75, 3.05) is 7.11 Å². The maximum atomic E-state index is 11.4. The predicted molar refractivity (Wildman–Crippen MR) is 73.5 cm³/mol. The molecule has 1 amide bonds. The molecule has 106 valence electrons. The quantitative estimate of drug-likeness (QED) is 0.332. The third-order valence-electron chi connectivity index (χ3n) is 3.48. The van der Waals surface area contributed by atoms with Crippen LogP contribution in [0.25, 0.3) is 0 Å². The number of nitrogens with zero attached hydrogens (tertiary/aromatic N) is 1. The van der Waals surface area contributed by atoms with Crippen LogP contribution in [0.5, 0.6) is 0 Å². The van der Waals surface area contributed by atoms with Gasteiger partial charge in [-0.3, -0.25) is 9.59 Å². The number of methoxy groups -OCH3 is 1. The highest BCUT2D eigenvalue weighted by Crippen LogP contribution is 2.35. The molecule has 0 spiro atoms. The summed E-state index contributed by atoms with van der Waals surface area (Å²) in [6.07, 6.45) is 8.81.